The van der Waals surface area contributed by atoms with Crippen molar-refractivity contribution in [2.24, 2.45) is 40.4 Å². The smallest absolute Gasteiger partial charge is 0.123 e. The molecule has 4 rings (SSSR count). The van der Waals surface area contributed by atoms with E-state index in [-0.39, 0.29) is 11.3 Å². The van der Waals surface area contributed by atoms with Crippen molar-refractivity contribution in [2.75, 3.05) is 13.7 Å². The number of allylic oxidation sites excluding steroid dienone is 1. The zero-order valence-electron chi connectivity index (χ0n) is 17.7. The fraction of sp³-hybridized carbons (Fsp3) is 0.875. The molecule has 27 heavy (non-hydrogen) atoms. The van der Waals surface area contributed by atoms with Crippen LogP contribution in [0.25, 0.3) is 0 Å². The van der Waals surface area contributed by atoms with E-state index in [0.29, 0.717) is 17.9 Å². The molecule has 152 valence electrons. The lowest BCUT2D eigenvalue weighted by atomic mass is 9.46. The van der Waals surface area contributed by atoms with Gasteiger partial charge in [0.2, 0.25) is 0 Å². The van der Waals surface area contributed by atoms with Crippen LogP contribution in [-0.2, 0) is 9.53 Å². The van der Waals surface area contributed by atoms with Crippen LogP contribution >= 0.6 is 0 Å². The molecule has 1 N–H and O–H groups in total. The second-order valence-electron chi connectivity index (χ2n) is 10.8. The van der Waals surface area contributed by atoms with Gasteiger partial charge in [-0.05, 0) is 85.9 Å². The Labute approximate surface area is 164 Å². The maximum atomic E-state index is 11.5. The van der Waals surface area contributed by atoms with Crippen molar-refractivity contribution in [3.63, 3.8) is 0 Å². The first-order chi connectivity index (χ1) is 12.8. The van der Waals surface area contributed by atoms with E-state index >= 15 is 0 Å². The molecule has 0 heterocycles. The molecule has 3 saturated carbocycles. The molecule has 3 fully saturated rings. The average molecular weight is 375 g/mol. The maximum Gasteiger partial charge on any atom is 0.123 e. The highest BCUT2D eigenvalue weighted by Crippen LogP contribution is 2.67. The molecule has 0 saturated heterocycles. The second kappa shape index (κ2) is 6.69. The minimum Gasteiger partial charge on any atom is -0.387 e. The SMILES string of the molecule is COC[C@]1(O)CC[C@@]2(C)C(=CCC3C2CC[C@]2(C)[C@@H]([C@H](C)C=O)CC[C@@H]32)C1. The van der Waals surface area contributed by atoms with Crippen molar-refractivity contribution < 1.29 is 14.6 Å². The molecule has 2 unspecified atom stereocenters. The Morgan fingerprint density at radius 1 is 1.22 bits per heavy atom. The third kappa shape index (κ3) is 2.87. The number of carbonyl (C=O) groups excluding carboxylic acids is 1. The third-order valence-electron chi connectivity index (χ3n) is 9.59. The molecule has 0 aromatic heterocycles. The average Bonchev–Trinajstić information content (AvgIpc) is 2.99. The highest BCUT2D eigenvalue weighted by atomic mass is 16.5. The number of ether oxygens (including phenoxy) is 1. The number of methoxy groups -OCH3 is 1. The summed E-state index contributed by atoms with van der Waals surface area (Å²) >= 11 is 0. The molecule has 0 bridgehead atoms. The van der Waals surface area contributed by atoms with E-state index in [0.717, 1.165) is 37.0 Å². The zero-order valence-corrected chi connectivity index (χ0v) is 17.7. The molecule has 0 radical (unpaired) electrons. The first-order valence-electron chi connectivity index (χ1n) is 11.1. The van der Waals surface area contributed by atoms with E-state index < -0.39 is 5.60 Å². The van der Waals surface area contributed by atoms with E-state index in [1.165, 1.54) is 44.0 Å². The van der Waals surface area contributed by atoms with Gasteiger partial charge >= 0.3 is 0 Å². The van der Waals surface area contributed by atoms with Gasteiger partial charge in [0.05, 0.1) is 12.2 Å². The maximum absolute atomic E-state index is 11.5. The van der Waals surface area contributed by atoms with Gasteiger partial charge in [0.15, 0.2) is 0 Å². The summed E-state index contributed by atoms with van der Waals surface area (Å²) in [5.74, 6) is 3.03. The number of rotatable bonds is 4. The molecule has 4 aliphatic rings. The van der Waals surface area contributed by atoms with Crippen molar-refractivity contribution >= 4 is 6.29 Å². The topological polar surface area (TPSA) is 46.5 Å². The number of hydrogen-bond acceptors (Lipinski definition) is 3. The molecule has 4 aliphatic carbocycles. The number of aldehydes is 1. The van der Waals surface area contributed by atoms with Gasteiger partial charge in [-0.3, -0.25) is 0 Å². The van der Waals surface area contributed by atoms with Crippen LogP contribution in [0.1, 0.15) is 72.1 Å². The minimum atomic E-state index is -0.673. The van der Waals surface area contributed by atoms with Gasteiger partial charge in [-0.15, -0.1) is 0 Å². The molecule has 8 atom stereocenters. The van der Waals surface area contributed by atoms with Gasteiger partial charge in [0.25, 0.3) is 0 Å². The first kappa shape index (κ1) is 19.6. The minimum absolute atomic E-state index is 0.195. The summed E-state index contributed by atoms with van der Waals surface area (Å²) in [7, 11) is 1.69. The summed E-state index contributed by atoms with van der Waals surface area (Å²) in [5, 5.41) is 10.9. The number of carbonyl (C=O) groups is 1. The molecule has 3 heteroatoms. The Morgan fingerprint density at radius 2 is 2.00 bits per heavy atom. The quantitative estimate of drug-likeness (QED) is 0.569. The Hall–Kier alpha value is -0.670. The molecule has 0 aliphatic heterocycles. The van der Waals surface area contributed by atoms with E-state index in [1.54, 1.807) is 7.11 Å². The molecule has 0 amide bonds. The Balaban J connectivity index is 1.60. The predicted octanol–water partition coefficient (Wildman–Crippen LogP) is 4.78. The second-order valence-corrected chi connectivity index (χ2v) is 10.8. The van der Waals surface area contributed by atoms with E-state index in [1.807, 2.05) is 0 Å². The predicted molar refractivity (Wildman–Crippen MR) is 107 cm³/mol. The highest BCUT2D eigenvalue weighted by Gasteiger charge is 2.59. The summed E-state index contributed by atoms with van der Waals surface area (Å²) in [6, 6.07) is 0. The van der Waals surface area contributed by atoms with Crippen LogP contribution in [0.2, 0.25) is 0 Å². The van der Waals surface area contributed by atoms with Crippen LogP contribution in [0.4, 0.5) is 0 Å². The fourth-order valence-corrected chi connectivity index (χ4v) is 8.10. The van der Waals surface area contributed by atoms with Gasteiger partial charge in [0, 0.05) is 13.0 Å². The summed E-state index contributed by atoms with van der Waals surface area (Å²) in [6.07, 6.45) is 12.7. The van der Waals surface area contributed by atoms with E-state index in [9.17, 15) is 9.90 Å². The Bertz CT molecular complexity index is 627. The van der Waals surface area contributed by atoms with Crippen LogP contribution in [0.5, 0.6) is 0 Å². The van der Waals surface area contributed by atoms with Crippen molar-refractivity contribution in [3.05, 3.63) is 11.6 Å². The monoisotopic (exact) mass is 374 g/mol. The number of hydrogen-bond donors (Lipinski definition) is 1. The Morgan fingerprint density at radius 3 is 2.70 bits per heavy atom. The molecule has 0 aromatic carbocycles. The van der Waals surface area contributed by atoms with E-state index in [4.69, 9.17) is 4.74 Å². The van der Waals surface area contributed by atoms with E-state index in [2.05, 4.69) is 26.8 Å². The van der Waals surface area contributed by atoms with Crippen LogP contribution in [0, 0.1) is 40.4 Å². The lowest BCUT2D eigenvalue weighted by Crippen LogP contribution is -2.53. The highest BCUT2D eigenvalue weighted by molar-refractivity contribution is 5.53. The lowest BCUT2D eigenvalue weighted by molar-refractivity contribution is -0.116. The summed E-state index contributed by atoms with van der Waals surface area (Å²) in [4.78, 5) is 11.5. The molecule has 0 spiro atoms. The summed E-state index contributed by atoms with van der Waals surface area (Å²) in [6.45, 7) is 7.55. The summed E-state index contributed by atoms with van der Waals surface area (Å²) in [5.41, 5.74) is 1.41. The van der Waals surface area contributed by atoms with Crippen molar-refractivity contribution in [1.82, 2.24) is 0 Å². The fourth-order valence-electron chi connectivity index (χ4n) is 8.10. The van der Waals surface area contributed by atoms with Gasteiger partial charge < -0.3 is 14.6 Å². The molecule has 3 nitrogen and oxygen atoms in total. The molecular formula is C24H38O3. The normalized spacial score (nSPS) is 50.2. The number of aliphatic hydroxyl groups is 1. The molecule has 0 aromatic rings. The van der Waals surface area contributed by atoms with Gasteiger partial charge in [-0.25, -0.2) is 0 Å². The van der Waals surface area contributed by atoms with Gasteiger partial charge in [-0.2, -0.15) is 0 Å². The van der Waals surface area contributed by atoms with Crippen LogP contribution in [-0.4, -0.2) is 30.7 Å². The molecular weight excluding hydrogens is 336 g/mol. The van der Waals surface area contributed by atoms with Crippen molar-refractivity contribution in [1.29, 1.82) is 0 Å². The largest absolute Gasteiger partial charge is 0.387 e. The van der Waals surface area contributed by atoms with Crippen LogP contribution in [0.15, 0.2) is 11.6 Å². The van der Waals surface area contributed by atoms with Crippen LogP contribution in [0.3, 0.4) is 0 Å². The zero-order chi connectivity index (χ0) is 19.4. The lowest BCUT2D eigenvalue weighted by Gasteiger charge is -2.59. The number of fused-ring (bicyclic) bond motifs is 5. The van der Waals surface area contributed by atoms with Crippen molar-refractivity contribution in [2.45, 2.75) is 77.7 Å². The van der Waals surface area contributed by atoms with Gasteiger partial charge in [-0.1, -0.05) is 32.4 Å². The first-order valence-corrected chi connectivity index (χ1v) is 11.1. The van der Waals surface area contributed by atoms with Crippen molar-refractivity contribution in [3.8, 4) is 0 Å². The Kier molecular flexibility index (Phi) is 4.87. The summed E-state index contributed by atoms with van der Waals surface area (Å²) < 4.78 is 5.31. The third-order valence-corrected chi connectivity index (χ3v) is 9.59. The van der Waals surface area contributed by atoms with Crippen LogP contribution < -0.4 is 0 Å². The standard InChI is InChI=1S/C24H38O3/c1-16(14-25)19-7-8-20-18-6-5-17-13-24(26,15-27-4)12-11-22(17,2)21(18)9-10-23(19,20)3/h5,14,16,18-21,26H,6-13,15H2,1-4H3/t16-,18?,19-,20+,21?,22+,23-,24+/m1/s1. The van der Waals surface area contributed by atoms with Gasteiger partial charge in [0.1, 0.15) is 6.29 Å².